The fourth-order valence-corrected chi connectivity index (χ4v) is 3.89. The number of thiophene rings is 1. The Labute approximate surface area is 122 Å². The first-order valence-corrected chi connectivity index (χ1v) is 7.50. The van der Waals surface area contributed by atoms with Crippen LogP contribution in [-0.2, 0) is 4.79 Å². The van der Waals surface area contributed by atoms with E-state index in [1.165, 1.54) is 15.3 Å². The summed E-state index contributed by atoms with van der Waals surface area (Å²) in [7, 11) is 0. The van der Waals surface area contributed by atoms with Gasteiger partial charge in [0.05, 0.1) is 11.5 Å². The van der Waals surface area contributed by atoms with Crippen molar-refractivity contribution >= 4 is 40.4 Å². The highest BCUT2D eigenvalue weighted by Crippen LogP contribution is 2.63. The number of carbonyl (C=O) groups is 1. The standard InChI is InChI=1S/C13H17Cl2NOS/c1-7-5-10(9(3)18-7)8(2)16-11(17)12(4)6-13(12,14)15/h5,8H,6H2,1-4H3,(H,16,17)/t8-,12-/m1/s1. The molecule has 0 aliphatic heterocycles. The third kappa shape index (κ3) is 2.28. The fraction of sp³-hybridized carbons (Fsp3) is 0.615. The molecule has 0 bridgehead atoms. The number of hydrogen-bond donors (Lipinski definition) is 1. The molecule has 1 aromatic rings. The van der Waals surface area contributed by atoms with Crippen molar-refractivity contribution in [2.75, 3.05) is 0 Å². The number of amides is 1. The zero-order valence-electron chi connectivity index (χ0n) is 10.9. The van der Waals surface area contributed by atoms with Gasteiger partial charge in [0, 0.05) is 9.75 Å². The maximum Gasteiger partial charge on any atom is 0.229 e. The van der Waals surface area contributed by atoms with Crippen LogP contribution < -0.4 is 5.32 Å². The van der Waals surface area contributed by atoms with E-state index < -0.39 is 9.75 Å². The number of rotatable bonds is 3. The Morgan fingerprint density at radius 1 is 1.50 bits per heavy atom. The summed E-state index contributed by atoms with van der Waals surface area (Å²) < 4.78 is -0.906. The Kier molecular flexibility index (Phi) is 3.46. The highest BCUT2D eigenvalue weighted by atomic mass is 35.5. The molecule has 0 spiro atoms. The molecule has 2 nitrogen and oxygen atoms in total. The van der Waals surface area contributed by atoms with Gasteiger partial charge in [0.2, 0.25) is 5.91 Å². The average molecular weight is 306 g/mol. The summed E-state index contributed by atoms with van der Waals surface area (Å²) in [5.74, 6) is -0.0664. The van der Waals surface area contributed by atoms with Crippen LogP contribution in [0.1, 0.15) is 41.6 Å². The van der Waals surface area contributed by atoms with E-state index >= 15 is 0 Å². The molecule has 0 saturated heterocycles. The van der Waals surface area contributed by atoms with Crippen LogP contribution >= 0.6 is 34.5 Å². The minimum atomic E-state index is -0.906. The number of carbonyl (C=O) groups excluding carboxylic acids is 1. The zero-order valence-corrected chi connectivity index (χ0v) is 13.3. The van der Waals surface area contributed by atoms with Gasteiger partial charge in [0.25, 0.3) is 0 Å². The Balaban J connectivity index is 2.07. The number of alkyl halides is 2. The highest BCUT2D eigenvalue weighted by Gasteiger charge is 2.67. The van der Waals surface area contributed by atoms with E-state index in [1.807, 2.05) is 6.92 Å². The Bertz CT molecular complexity index is 497. The van der Waals surface area contributed by atoms with E-state index in [-0.39, 0.29) is 11.9 Å². The minimum Gasteiger partial charge on any atom is -0.349 e. The molecule has 1 heterocycles. The second-order valence-electron chi connectivity index (χ2n) is 5.28. The lowest BCUT2D eigenvalue weighted by Gasteiger charge is -2.18. The summed E-state index contributed by atoms with van der Waals surface area (Å²) in [5, 5.41) is 3.01. The molecule has 1 aliphatic rings. The second kappa shape index (κ2) is 4.39. The van der Waals surface area contributed by atoms with Crippen molar-refractivity contribution in [3.63, 3.8) is 0 Å². The zero-order chi connectivity index (χ0) is 13.7. The fourth-order valence-electron chi connectivity index (χ4n) is 2.16. The first-order chi connectivity index (χ1) is 8.17. The van der Waals surface area contributed by atoms with Crippen molar-refractivity contribution in [2.24, 2.45) is 5.41 Å². The van der Waals surface area contributed by atoms with Crippen LogP contribution in [0.15, 0.2) is 6.07 Å². The lowest BCUT2D eigenvalue weighted by Crippen LogP contribution is -2.35. The first kappa shape index (κ1) is 14.2. The molecular formula is C13H17Cl2NOS. The summed E-state index contributed by atoms with van der Waals surface area (Å²) >= 11 is 13.8. The van der Waals surface area contributed by atoms with E-state index in [2.05, 4.69) is 25.2 Å². The molecule has 0 aromatic carbocycles. The van der Waals surface area contributed by atoms with Crippen LogP contribution in [0, 0.1) is 19.3 Å². The predicted molar refractivity (Wildman–Crippen MR) is 77.5 cm³/mol. The van der Waals surface area contributed by atoms with Gasteiger partial charge < -0.3 is 5.32 Å². The van der Waals surface area contributed by atoms with Crippen molar-refractivity contribution in [3.8, 4) is 0 Å². The van der Waals surface area contributed by atoms with Crippen molar-refractivity contribution < 1.29 is 4.79 Å². The maximum absolute atomic E-state index is 12.2. The first-order valence-electron chi connectivity index (χ1n) is 5.93. The predicted octanol–water partition coefficient (Wildman–Crippen LogP) is 4.13. The van der Waals surface area contributed by atoms with Gasteiger partial charge in [-0.05, 0) is 45.7 Å². The van der Waals surface area contributed by atoms with E-state index in [1.54, 1.807) is 18.3 Å². The molecule has 1 aliphatic carbocycles. The largest absolute Gasteiger partial charge is 0.349 e. The molecule has 2 rings (SSSR count). The molecule has 18 heavy (non-hydrogen) atoms. The van der Waals surface area contributed by atoms with E-state index in [9.17, 15) is 4.79 Å². The summed E-state index contributed by atoms with van der Waals surface area (Å²) in [4.78, 5) is 14.7. The van der Waals surface area contributed by atoms with Gasteiger partial charge in [0.15, 0.2) is 0 Å². The monoisotopic (exact) mass is 305 g/mol. The summed E-state index contributed by atoms with van der Waals surface area (Å²) in [6, 6.07) is 2.11. The second-order valence-corrected chi connectivity index (χ2v) is 8.22. The smallest absolute Gasteiger partial charge is 0.229 e. The number of hydrogen-bond acceptors (Lipinski definition) is 2. The van der Waals surface area contributed by atoms with Crippen molar-refractivity contribution in [2.45, 2.75) is 44.5 Å². The van der Waals surface area contributed by atoms with Crippen LogP contribution in [0.25, 0.3) is 0 Å². The summed E-state index contributed by atoms with van der Waals surface area (Å²) in [6.07, 6.45) is 0.517. The van der Waals surface area contributed by atoms with Gasteiger partial charge in [-0.2, -0.15) is 0 Å². The number of nitrogens with one attached hydrogen (secondary N) is 1. The third-order valence-corrected chi connectivity index (χ3v) is 5.74. The molecule has 1 N–H and O–H groups in total. The molecule has 1 saturated carbocycles. The van der Waals surface area contributed by atoms with Gasteiger partial charge in [-0.15, -0.1) is 34.5 Å². The Hall–Kier alpha value is -0.250. The molecule has 0 radical (unpaired) electrons. The normalized spacial score (nSPS) is 26.8. The molecule has 1 amide bonds. The number of aryl methyl sites for hydroxylation is 2. The SMILES string of the molecule is Cc1cc([C@@H](C)NC(=O)[C@@]2(C)CC2(Cl)Cl)c(C)s1. The number of halogens is 2. The summed E-state index contributed by atoms with van der Waals surface area (Å²) in [6.45, 7) is 7.94. The van der Waals surface area contributed by atoms with Gasteiger partial charge in [-0.1, -0.05) is 0 Å². The van der Waals surface area contributed by atoms with Crippen LogP contribution in [0.4, 0.5) is 0 Å². The van der Waals surface area contributed by atoms with E-state index in [0.29, 0.717) is 6.42 Å². The average Bonchev–Trinajstić information content (AvgIpc) is 2.59. The minimum absolute atomic E-state index is 0.0102. The lowest BCUT2D eigenvalue weighted by molar-refractivity contribution is -0.126. The van der Waals surface area contributed by atoms with Crippen molar-refractivity contribution in [3.05, 3.63) is 21.4 Å². The topological polar surface area (TPSA) is 29.1 Å². The lowest BCUT2D eigenvalue weighted by atomic mass is 10.1. The molecule has 2 atom stereocenters. The quantitative estimate of drug-likeness (QED) is 0.836. The highest BCUT2D eigenvalue weighted by molar-refractivity contribution is 7.12. The molecule has 1 aromatic heterocycles. The molecule has 100 valence electrons. The van der Waals surface area contributed by atoms with Crippen molar-refractivity contribution in [1.82, 2.24) is 5.32 Å². The van der Waals surface area contributed by atoms with Crippen LogP contribution in [-0.4, -0.2) is 10.2 Å². The maximum atomic E-state index is 12.2. The molecular weight excluding hydrogens is 289 g/mol. The van der Waals surface area contributed by atoms with Gasteiger partial charge in [-0.3, -0.25) is 4.79 Å². The molecule has 5 heteroatoms. The van der Waals surface area contributed by atoms with Gasteiger partial charge in [-0.25, -0.2) is 0 Å². The van der Waals surface area contributed by atoms with Crippen LogP contribution in [0.3, 0.4) is 0 Å². The van der Waals surface area contributed by atoms with Crippen molar-refractivity contribution in [1.29, 1.82) is 0 Å². The third-order valence-electron chi connectivity index (χ3n) is 3.65. The van der Waals surface area contributed by atoms with Crippen LogP contribution in [0.2, 0.25) is 0 Å². The van der Waals surface area contributed by atoms with Gasteiger partial charge in [0.1, 0.15) is 4.33 Å². The van der Waals surface area contributed by atoms with E-state index in [0.717, 1.165) is 0 Å². The molecule has 1 fully saturated rings. The Morgan fingerprint density at radius 2 is 2.06 bits per heavy atom. The van der Waals surface area contributed by atoms with Crippen LogP contribution in [0.5, 0.6) is 0 Å². The summed E-state index contributed by atoms with van der Waals surface area (Å²) in [5.41, 5.74) is 0.522. The molecule has 0 unspecified atom stereocenters. The Morgan fingerprint density at radius 3 is 2.44 bits per heavy atom. The van der Waals surface area contributed by atoms with E-state index in [4.69, 9.17) is 23.2 Å². The van der Waals surface area contributed by atoms with Gasteiger partial charge >= 0.3 is 0 Å².